The lowest BCUT2D eigenvalue weighted by molar-refractivity contribution is 0.959. The molecule has 3 aromatic heterocycles. The second kappa shape index (κ2) is 9.28. The highest BCUT2D eigenvalue weighted by molar-refractivity contribution is 6.03. The Morgan fingerprint density at radius 2 is 1.44 bits per heavy atom. The fourth-order valence-corrected chi connectivity index (χ4v) is 5.97. The van der Waals surface area contributed by atoms with Crippen LogP contribution in [0, 0.1) is 0 Å². The van der Waals surface area contributed by atoms with E-state index in [-0.39, 0.29) is 0 Å². The molecule has 0 spiro atoms. The van der Waals surface area contributed by atoms with Crippen molar-refractivity contribution in [1.82, 2.24) is 19.5 Å². The monoisotopic (exact) mass is 527 g/mol. The van der Waals surface area contributed by atoms with Gasteiger partial charge in [0.05, 0.1) is 28.1 Å². The molecule has 41 heavy (non-hydrogen) atoms. The van der Waals surface area contributed by atoms with E-state index in [1.165, 1.54) is 0 Å². The first-order valence-corrected chi connectivity index (χ1v) is 13.7. The molecule has 8 rings (SSSR count). The minimum Gasteiger partial charge on any atom is -0.327 e. The minimum absolute atomic E-state index is 0.934. The van der Waals surface area contributed by atoms with Gasteiger partial charge in [0.1, 0.15) is 5.82 Å². The normalized spacial score (nSPS) is 12.0. The summed E-state index contributed by atoms with van der Waals surface area (Å²) >= 11 is 0. The van der Waals surface area contributed by atoms with Crippen LogP contribution < -0.4 is 4.90 Å². The molecule has 5 heteroatoms. The standard InChI is InChI=1S/C36H25N5/c1-40-34-15-5-3-13-32(34)39-36(40)25-16-17-29-27-18-20-37-23-30(27)28-11-2-4-14-33(28)41(35(29)22-25)26-10-8-9-24(21-26)31-12-6-7-19-38-31/h2-23H,1H3. The lowest BCUT2D eigenvalue weighted by Gasteiger charge is -2.28. The zero-order valence-electron chi connectivity index (χ0n) is 22.4. The number of pyridine rings is 2. The number of hydrogen-bond donors (Lipinski definition) is 0. The van der Waals surface area contributed by atoms with E-state index in [1.54, 1.807) is 0 Å². The van der Waals surface area contributed by atoms with Gasteiger partial charge in [0, 0.05) is 59.1 Å². The summed E-state index contributed by atoms with van der Waals surface area (Å²) in [5, 5.41) is 0. The molecule has 0 radical (unpaired) electrons. The summed E-state index contributed by atoms with van der Waals surface area (Å²) < 4.78 is 2.17. The molecule has 0 atom stereocenters. The largest absolute Gasteiger partial charge is 0.327 e. The molecule has 0 saturated heterocycles. The van der Waals surface area contributed by atoms with Crippen LogP contribution in [0.4, 0.5) is 17.1 Å². The van der Waals surface area contributed by atoms with Crippen molar-refractivity contribution < 1.29 is 0 Å². The summed E-state index contributed by atoms with van der Waals surface area (Å²) in [5.41, 5.74) is 13.0. The average molecular weight is 528 g/mol. The molecule has 4 aromatic carbocycles. The van der Waals surface area contributed by atoms with Gasteiger partial charge >= 0.3 is 0 Å². The maximum absolute atomic E-state index is 5.02. The molecule has 0 unspecified atom stereocenters. The molecular weight excluding hydrogens is 502 g/mol. The van der Waals surface area contributed by atoms with Crippen molar-refractivity contribution in [2.24, 2.45) is 7.05 Å². The van der Waals surface area contributed by atoms with Crippen LogP contribution in [0.15, 0.2) is 134 Å². The molecule has 0 fully saturated rings. The Kier molecular flexibility index (Phi) is 5.28. The van der Waals surface area contributed by atoms with Crippen molar-refractivity contribution in [1.29, 1.82) is 0 Å². The zero-order valence-corrected chi connectivity index (χ0v) is 22.4. The van der Waals surface area contributed by atoms with Gasteiger partial charge in [0.25, 0.3) is 0 Å². The van der Waals surface area contributed by atoms with Crippen molar-refractivity contribution in [3.63, 3.8) is 0 Å². The van der Waals surface area contributed by atoms with Gasteiger partial charge in [0.15, 0.2) is 0 Å². The van der Waals surface area contributed by atoms with E-state index >= 15 is 0 Å². The molecule has 1 aliphatic rings. The fraction of sp³-hybridized carbons (Fsp3) is 0.0278. The predicted octanol–water partition coefficient (Wildman–Crippen LogP) is 8.81. The molecule has 0 aliphatic carbocycles. The average Bonchev–Trinajstić information content (AvgIpc) is 3.32. The summed E-state index contributed by atoms with van der Waals surface area (Å²) in [5.74, 6) is 0.934. The third-order valence-electron chi connectivity index (χ3n) is 7.90. The Morgan fingerprint density at radius 1 is 0.585 bits per heavy atom. The third-order valence-corrected chi connectivity index (χ3v) is 7.90. The van der Waals surface area contributed by atoms with Crippen LogP contribution in [-0.2, 0) is 7.05 Å². The summed E-state index contributed by atoms with van der Waals surface area (Å²) in [6.07, 6.45) is 5.69. The second-order valence-electron chi connectivity index (χ2n) is 10.3. The number of hydrogen-bond acceptors (Lipinski definition) is 4. The van der Waals surface area contributed by atoms with Gasteiger partial charge in [-0.2, -0.15) is 0 Å². The van der Waals surface area contributed by atoms with Crippen molar-refractivity contribution in [2.45, 2.75) is 0 Å². The maximum Gasteiger partial charge on any atom is 0.140 e. The number of para-hydroxylation sites is 3. The first-order chi connectivity index (χ1) is 20.3. The minimum atomic E-state index is 0.934. The van der Waals surface area contributed by atoms with Crippen LogP contribution in [0.3, 0.4) is 0 Å². The van der Waals surface area contributed by atoms with Gasteiger partial charge in [-0.3, -0.25) is 9.97 Å². The summed E-state index contributed by atoms with van der Waals surface area (Å²) in [7, 11) is 2.08. The van der Waals surface area contributed by atoms with Gasteiger partial charge in [-0.15, -0.1) is 0 Å². The molecule has 0 N–H and O–H groups in total. The van der Waals surface area contributed by atoms with Crippen LogP contribution in [0.25, 0.3) is 55.9 Å². The number of benzene rings is 4. The van der Waals surface area contributed by atoms with Gasteiger partial charge in [-0.05, 0) is 60.2 Å². The smallest absolute Gasteiger partial charge is 0.140 e. The van der Waals surface area contributed by atoms with Crippen LogP contribution in [0.5, 0.6) is 0 Å². The number of aryl methyl sites for hydroxylation is 1. The maximum atomic E-state index is 5.02. The molecule has 0 bridgehead atoms. The van der Waals surface area contributed by atoms with Crippen molar-refractivity contribution in [3.8, 4) is 44.9 Å². The Bertz CT molecular complexity index is 2080. The number of rotatable bonds is 3. The van der Waals surface area contributed by atoms with E-state index < -0.39 is 0 Å². The molecule has 4 heterocycles. The van der Waals surface area contributed by atoms with Gasteiger partial charge in [-0.1, -0.05) is 60.7 Å². The highest BCUT2D eigenvalue weighted by Crippen LogP contribution is 2.51. The molecular formula is C36H25N5. The SMILES string of the molecule is Cn1c(-c2ccc3c(c2)N(c2cccc(-c4ccccn4)c2)c2ccccc2-c2cnccc2-3)nc2ccccc21. The molecule has 194 valence electrons. The Morgan fingerprint density at radius 3 is 2.34 bits per heavy atom. The zero-order chi connectivity index (χ0) is 27.3. The van der Waals surface area contributed by atoms with E-state index in [9.17, 15) is 0 Å². The number of imidazole rings is 1. The number of nitrogens with zero attached hydrogens (tertiary/aromatic N) is 5. The second-order valence-corrected chi connectivity index (χ2v) is 10.3. The van der Waals surface area contributed by atoms with Crippen LogP contribution in [-0.4, -0.2) is 19.5 Å². The van der Waals surface area contributed by atoms with Crippen molar-refractivity contribution in [3.05, 3.63) is 134 Å². The Labute approximate surface area is 238 Å². The van der Waals surface area contributed by atoms with Crippen LogP contribution >= 0.6 is 0 Å². The van der Waals surface area contributed by atoms with Gasteiger partial charge in [0.2, 0.25) is 0 Å². The summed E-state index contributed by atoms with van der Waals surface area (Å²) in [6, 6.07) is 40.3. The van der Waals surface area contributed by atoms with E-state index in [4.69, 9.17) is 4.98 Å². The summed E-state index contributed by atoms with van der Waals surface area (Å²) in [4.78, 5) is 16.5. The topological polar surface area (TPSA) is 46.8 Å². The van der Waals surface area contributed by atoms with E-state index in [0.717, 1.165) is 73.0 Å². The number of aromatic nitrogens is 4. The highest BCUT2D eigenvalue weighted by atomic mass is 15.2. The van der Waals surface area contributed by atoms with Crippen LogP contribution in [0.1, 0.15) is 0 Å². The summed E-state index contributed by atoms with van der Waals surface area (Å²) in [6.45, 7) is 0. The lowest BCUT2D eigenvalue weighted by atomic mass is 9.96. The molecule has 1 aliphatic heterocycles. The first-order valence-electron chi connectivity index (χ1n) is 13.7. The lowest BCUT2D eigenvalue weighted by Crippen LogP contribution is -2.11. The van der Waals surface area contributed by atoms with E-state index in [2.05, 4.69) is 124 Å². The quantitative estimate of drug-likeness (QED) is 0.230. The van der Waals surface area contributed by atoms with E-state index in [1.807, 2.05) is 36.8 Å². The predicted molar refractivity (Wildman–Crippen MR) is 166 cm³/mol. The third kappa shape index (κ3) is 3.74. The Balaban J connectivity index is 1.41. The van der Waals surface area contributed by atoms with E-state index in [0.29, 0.717) is 0 Å². The van der Waals surface area contributed by atoms with Crippen LogP contribution in [0.2, 0.25) is 0 Å². The fourth-order valence-electron chi connectivity index (χ4n) is 5.97. The number of anilines is 3. The molecule has 0 amide bonds. The van der Waals surface area contributed by atoms with Gasteiger partial charge in [-0.25, -0.2) is 4.98 Å². The highest BCUT2D eigenvalue weighted by Gasteiger charge is 2.27. The van der Waals surface area contributed by atoms with Crippen molar-refractivity contribution >= 4 is 28.1 Å². The molecule has 5 nitrogen and oxygen atoms in total. The molecule has 7 aromatic rings. The van der Waals surface area contributed by atoms with Crippen molar-refractivity contribution in [2.75, 3.05) is 4.90 Å². The molecule has 0 saturated carbocycles. The Hall–Kier alpha value is -5.55. The first kappa shape index (κ1) is 23.3. The number of fused-ring (bicyclic) bond motifs is 6. The van der Waals surface area contributed by atoms with Gasteiger partial charge < -0.3 is 9.47 Å².